The lowest BCUT2D eigenvalue weighted by atomic mass is 10.2. The van der Waals surface area contributed by atoms with Gasteiger partial charge in [-0.2, -0.15) is 5.26 Å². The van der Waals surface area contributed by atoms with Crippen molar-refractivity contribution in [2.24, 2.45) is 0 Å². The molecule has 4 heterocycles. The maximum absolute atomic E-state index is 9.62. The largest absolute Gasteiger partial charge is 0.307 e. The van der Waals surface area contributed by atoms with Crippen LogP contribution < -0.4 is 0 Å². The van der Waals surface area contributed by atoms with E-state index in [4.69, 9.17) is 9.97 Å². The Hall–Kier alpha value is -3.30. The van der Waals surface area contributed by atoms with E-state index in [1.54, 1.807) is 11.8 Å². The van der Waals surface area contributed by atoms with Gasteiger partial charge in [0.15, 0.2) is 5.65 Å². The Labute approximate surface area is 166 Å². The van der Waals surface area contributed by atoms with E-state index in [1.165, 1.54) is 0 Å². The van der Waals surface area contributed by atoms with E-state index in [1.807, 2.05) is 43.5 Å². The maximum Gasteiger partial charge on any atom is 0.157 e. The molecule has 4 aromatic heterocycles. The van der Waals surface area contributed by atoms with E-state index in [2.05, 4.69) is 40.1 Å². The first-order chi connectivity index (χ1) is 13.7. The summed E-state index contributed by atoms with van der Waals surface area (Å²) in [6.07, 6.45) is 4.10. The van der Waals surface area contributed by atoms with Crippen LogP contribution in [0.1, 0.15) is 22.4 Å². The highest BCUT2D eigenvalue weighted by Gasteiger charge is 2.16. The number of hydrogen-bond acceptors (Lipinski definition) is 4. The number of pyridine rings is 2. The Bertz CT molecular complexity index is 1400. The number of aromatic nitrogens is 4. The monoisotopic (exact) mass is 383 g/mol. The summed E-state index contributed by atoms with van der Waals surface area (Å²) in [6.45, 7) is 4.04. The van der Waals surface area contributed by atoms with Crippen LogP contribution in [0.15, 0.2) is 59.9 Å². The Kier molecular flexibility index (Phi) is 3.85. The second-order valence-corrected chi connectivity index (χ2v) is 7.85. The number of imidazole rings is 2. The van der Waals surface area contributed by atoms with Gasteiger partial charge in [-0.1, -0.05) is 18.2 Å². The van der Waals surface area contributed by atoms with E-state index >= 15 is 0 Å². The number of nitriles is 1. The van der Waals surface area contributed by atoms with Crippen LogP contribution in [0, 0.1) is 25.2 Å². The zero-order chi connectivity index (χ0) is 19.3. The normalized spacial score (nSPS) is 11.5. The van der Waals surface area contributed by atoms with Gasteiger partial charge in [-0.3, -0.25) is 4.40 Å². The van der Waals surface area contributed by atoms with Crippen molar-refractivity contribution >= 4 is 34.1 Å². The zero-order valence-corrected chi connectivity index (χ0v) is 16.4. The van der Waals surface area contributed by atoms with E-state index in [-0.39, 0.29) is 0 Å². The van der Waals surface area contributed by atoms with Crippen molar-refractivity contribution in [3.8, 4) is 6.07 Å². The highest BCUT2D eigenvalue weighted by Crippen LogP contribution is 2.31. The molecule has 0 radical (unpaired) electrons. The molecule has 0 spiro atoms. The molecule has 0 saturated carbocycles. The first-order valence-corrected chi connectivity index (χ1v) is 10.0. The van der Waals surface area contributed by atoms with Crippen molar-refractivity contribution in [3.05, 3.63) is 77.2 Å². The van der Waals surface area contributed by atoms with E-state index < -0.39 is 0 Å². The summed E-state index contributed by atoms with van der Waals surface area (Å²) in [5.41, 5.74) is 7.39. The molecular formula is C22H17N5S. The van der Waals surface area contributed by atoms with Crippen LogP contribution in [0.25, 0.3) is 22.3 Å². The van der Waals surface area contributed by atoms with Gasteiger partial charge in [0.25, 0.3) is 0 Å². The fourth-order valence-electron chi connectivity index (χ4n) is 3.58. The van der Waals surface area contributed by atoms with Crippen molar-refractivity contribution in [1.29, 1.82) is 5.26 Å². The molecule has 0 amide bonds. The van der Waals surface area contributed by atoms with Gasteiger partial charge in [0.2, 0.25) is 0 Å². The van der Waals surface area contributed by atoms with E-state index in [0.29, 0.717) is 5.56 Å². The van der Waals surface area contributed by atoms with Crippen LogP contribution in [-0.2, 0) is 5.75 Å². The fraction of sp³-hybridized carbons (Fsp3) is 0.136. The standard InChI is InChI=1S/C22H17N5S/c1-14-6-5-9-26-12-16(24-21(14)26)13-28-20-10-15(2)17(11-23)22-25-18-7-3-4-8-19(18)27(20)22/h3-10,12H,13H2,1-2H3. The number of thioether (sulfide) groups is 1. The average Bonchev–Trinajstić information content (AvgIpc) is 3.28. The minimum absolute atomic E-state index is 0.629. The third-order valence-electron chi connectivity index (χ3n) is 4.95. The molecule has 136 valence electrons. The van der Waals surface area contributed by atoms with Crippen molar-refractivity contribution in [1.82, 2.24) is 18.8 Å². The van der Waals surface area contributed by atoms with Gasteiger partial charge in [0, 0.05) is 18.1 Å². The number of hydrogen-bond donors (Lipinski definition) is 0. The SMILES string of the molecule is Cc1cc(SCc2cn3cccc(C)c3n2)n2c(nc3ccccc32)c1C#N. The van der Waals surface area contributed by atoms with Crippen LogP contribution >= 0.6 is 11.8 Å². The lowest BCUT2D eigenvalue weighted by molar-refractivity contribution is 1.04. The number of benzene rings is 1. The zero-order valence-electron chi connectivity index (χ0n) is 15.5. The Balaban J connectivity index is 1.62. The van der Waals surface area contributed by atoms with Crippen LogP contribution in [-0.4, -0.2) is 18.8 Å². The van der Waals surface area contributed by atoms with Crippen molar-refractivity contribution < 1.29 is 0 Å². The Morgan fingerprint density at radius 2 is 1.89 bits per heavy atom. The van der Waals surface area contributed by atoms with Gasteiger partial charge >= 0.3 is 0 Å². The molecular weight excluding hydrogens is 366 g/mol. The molecule has 1 aromatic carbocycles. The van der Waals surface area contributed by atoms with Gasteiger partial charge in [0.05, 0.1) is 27.3 Å². The molecule has 0 saturated heterocycles. The quantitative estimate of drug-likeness (QED) is 0.415. The lowest BCUT2D eigenvalue weighted by Gasteiger charge is -2.09. The van der Waals surface area contributed by atoms with Crippen LogP contribution in [0.3, 0.4) is 0 Å². The summed E-state index contributed by atoms with van der Waals surface area (Å²) >= 11 is 1.71. The molecule has 0 unspecified atom stereocenters. The summed E-state index contributed by atoms with van der Waals surface area (Å²) in [6, 6.07) is 16.5. The van der Waals surface area contributed by atoms with Crippen molar-refractivity contribution in [2.75, 3.05) is 0 Å². The summed E-state index contributed by atoms with van der Waals surface area (Å²) in [4.78, 5) is 9.49. The average molecular weight is 383 g/mol. The molecule has 0 fully saturated rings. The predicted molar refractivity (Wildman–Crippen MR) is 112 cm³/mol. The van der Waals surface area contributed by atoms with Crippen LogP contribution in [0.2, 0.25) is 0 Å². The number of para-hydroxylation sites is 2. The van der Waals surface area contributed by atoms with Crippen molar-refractivity contribution in [3.63, 3.8) is 0 Å². The molecule has 0 atom stereocenters. The number of rotatable bonds is 3. The third-order valence-corrected chi connectivity index (χ3v) is 5.98. The number of aryl methyl sites for hydroxylation is 2. The summed E-state index contributed by atoms with van der Waals surface area (Å²) in [5.74, 6) is 0.744. The molecule has 0 aliphatic rings. The highest BCUT2D eigenvalue weighted by atomic mass is 32.2. The molecule has 5 nitrogen and oxygen atoms in total. The highest BCUT2D eigenvalue weighted by molar-refractivity contribution is 7.98. The van der Waals surface area contributed by atoms with Gasteiger partial charge < -0.3 is 4.40 Å². The molecule has 0 aliphatic carbocycles. The van der Waals surface area contributed by atoms with Gasteiger partial charge in [-0.25, -0.2) is 9.97 Å². The molecule has 0 N–H and O–H groups in total. The molecule has 28 heavy (non-hydrogen) atoms. The molecule has 5 aromatic rings. The molecule has 0 bridgehead atoms. The van der Waals surface area contributed by atoms with Gasteiger partial charge in [0.1, 0.15) is 11.7 Å². The summed E-state index contributed by atoms with van der Waals surface area (Å²) in [5, 5.41) is 10.7. The second-order valence-electron chi connectivity index (χ2n) is 6.85. The number of nitrogens with zero attached hydrogens (tertiary/aromatic N) is 5. The van der Waals surface area contributed by atoms with Gasteiger partial charge in [-0.15, -0.1) is 11.8 Å². The Morgan fingerprint density at radius 3 is 2.71 bits per heavy atom. The van der Waals surface area contributed by atoms with E-state index in [0.717, 1.165) is 49.9 Å². The topological polar surface area (TPSA) is 58.4 Å². The molecule has 5 rings (SSSR count). The first-order valence-electron chi connectivity index (χ1n) is 9.02. The van der Waals surface area contributed by atoms with Gasteiger partial charge in [-0.05, 0) is 49.2 Å². The predicted octanol–water partition coefficient (Wildman–Crippen LogP) is 4.92. The van der Waals surface area contributed by atoms with Crippen LogP contribution in [0.4, 0.5) is 0 Å². The minimum Gasteiger partial charge on any atom is -0.307 e. The maximum atomic E-state index is 9.62. The third kappa shape index (κ3) is 2.55. The number of fused-ring (bicyclic) bond motifs is 4. The summed E-state index contributed by atoms with van der Waals surface area (Å²) in [7, 11) is 0. The second kappa shape index (κ2) is 6.39. The van der Waals surface area contributed by atoms with E-state index in [9.17, 15) is 5.26 Å². The smallest absolute Gasteiger partial charge is 0.157 e. The molecule has 6 heteroatoms. The summed E-state index contributed by atoms with van der Waals surface area (Å²) < 4.78 is 4.16. The Morgan fingerprint density at radius 1 is 1.04 bits per heavy atom. The molecule has 0 aliphatic heterocycles. The first kappa shape index (κ1) is 16.8. The van der Waals surface area contributed by atoms with Crippen molar-refractivity contribution in [2.45, 2.75) is 24.6 Å². The van der Waals surface area contributed by atoms with Crippen LogP contribution in [0.5, 0.6) is 0 Å². The fourth-order valence-corrected chi connectivity index (χ4v) is 4.59. The lowest BCUT2D eigenvalue weighted by Crippen LogP contribution is -1.97. The minimum atomic E-state index is 0.629.